The van der Waals surface area contributed by atoms with Gasteiger partial charge in [-0.1, -0.05) is 18.9 Å². The topological polar surface area (TPSA) is 47.9 Å². The van der Waals surface area contributed by atoms with Crippen LogP contribution in [0.3, 0.4) is 0 Å². The Kier molecular flexibility index (Phi) is 4.86. The van der Waals surface area contributed by atoms with Crippen molar-refractivity contribution in [1.82, 2.24) is 4.90 Å². The Labute approximate surface area is 133 Å². The Morgan fingerprint density at radius 1 is 1.18 bits per heavy atom. The largest absolute Gasteiger partial charge is 0.508 e. The Hall–Kier alpha value is -1.71. The van der Waals surface area contributed by atoms with Crippen molar-refractivity contribution in [1.29, 1.82) is 0 Å². The van der Waals surface area contributed by atoms with Gasteiger partial charge in [-0.15, -0.1) is 0 Å². The average Bonchev–Trinajstić information content (AvgIpc) is 3.00. The number of rotatable bonds is 2. The van der Waals surface area contributed by atoms with E-state index in [2.05, 4.69) is 17.1 Å². The van der Waals surface area contributed by atoms with Gasteiger partial charge in [0, 0.05) is 24.3 Å². The van der Waals surface area contributed by atoms with Crippen LogP contribution in [0.1, 0.15) is 51.9 Å². The third-order valence-electron chi connectivity index (χ3n) is 4.81. The number of hydrogen-bond donors (Lipinski definition) is 2. The molecule has 1 aromatic carbocycles. The molecule has 0 spiro atoms. The molecule has 2 aliphatic rings. The van der Waals surface area contributed by atoms with Crippen molar-refractivity contribution < 1.29 is 5.11 Å². The smallest absolute Gasteiger partial charge is 0.198 e. The highest BCUT2D eigenvalue weighted by atomic mass is 16.3. The summed E-state index contributed by atoms with van der Waals surface area (Å²) in [4.78, 5) is 7.43. The Bertz CT molecular complexity index is 523. The molecule has 1 saturated carbocycles. The zero-order valence-corrected chi connectivity index (χ0v) is 13.5. The third kappa shape index (κ3) is 3.73. The molecule has 1 aromatic rings. The van der Waals surface area contributed by atoms with Crippen LogP contribution in [0.5, 0.6) is 5.75 Å². The molecule has 4 nitrogen and oxygen atoms in total. The molecule has 3 rings (SSSR count). The summed E-state index contributed by atoms with van der Waals surface area (Å²) in [5, 5.41) is 13.1. The Morgan fingerprint density at radius 2 is 1.95 bits per heavy atom. The lowest BCUT2D eigenvalue weighted by molar-refractivity contribution is 0.256. The van der Waals surface area contributed by atoms with Gasteiger partial charge in [-0.05, 0) is 51.2 Å². The van der Waals surface area contributed by atoms with Crippen LogP contribution in [-0.4, -0.2) is 34.6 Å². The standard InChI is InChI=1S/C18H27N3O/c1-14-7-4-5-12-21(14)18(19-15-8-2-3-9-15)20-16-10-6-11-17(22)13-16/h6,10-11,13-15,22H,2-5,7-9,12H2,1H3,(H,19,20). The van der Waals surface area contributed by atoms with Crippen molar-refractivity contribution in [2.24, 2.45) is 4.99 Å². The van der Waals surface area contributed by atoms with Crippen LogP contribution in [0.4, 0.5) is 5.69 Å². The second-order valence-corrected chi connectivity index (χ2v) is 6.60. The van der Waals surface area contributed by atoms with Crippen LogP contribution in [0.15, 0.2) is 29.3 Å². The number of likely N-dealkylation sites (tertiary alicyclic amines) is 1. The quantitative estimate of drug-likeness (QED) is 0.641. The van der Waals surface area contributed by atoms with E-state index in [1.54, 1.807) is 12.1 Å². The maximum absolute atomic E-state index is 9.68. The molecule has 1 unspecified atom stereocenters. The van der Waals surface area contributed by atoms with Crippen molar-refractivity contribution in [3.05, 3.63) is 24.3 Å². The van der Waals surface area contributed by atoms with E-state index in [1.807, 2.05) is 12.1 Å². The molecule has 1 aliphatic carbocycles. The maximum atomic E-state index is 9.68. The predicted molar refractivity (Wildman–Crippen MR) is 91.4 cm³/mol. The zero-order valence-electron chi connectivity index (χ0n) is 13.5. The zero-order chi connectivity index (χ0) is 15.4. The molecule has 2 fully saturated rings. The number of aromatic hydroxyl groups is 1. The van der Waals surface area contributed by atoms with Gasteiger partial charge < -0.3 is 15.3 Å². The van der Waals surface area contributed by atoms with E-state index in [9.17, 15) is 5.11 Å². The van der Waals surface area contributed by atoms with Gasteiger partial charge in [0.05, 0.1) is 6.04 Å². The fourth-order valence-electron chi connectivity index (χ4n) is 3.51. The number of phenolic OH excluding ortho intramolecular Hbond substituents is 1. The molecule has 2 N–H and O–H groups in total. The van der Waals surface area contributed by atoms with E-state index >= 15 is 0 Å². The minimum Gasteiger partial charge on any atom is -0.508 e. The molecule has 0 aromatic heterocycles. The molecule has 22 heavy (non-hydrogen) atoms. The highest BCUT2D eigenvalue weighted by Gasteiger charge is 2.24. The minimum atomic E-state index is 0.289. The third-order valence-corrected chi connectivity index (χ3v) is 4.81. The lowest BCUT2D eigenvalue weighted by Crippen LogP contribution is -2.46. The lowest BCUT2D eigenvalue weighted by atomic mass is 10.0. The van der Waals surface area contributed by atoms with Gasteiger partial charge in [-0.3, -0.25) is 0 Å². The van der Waals surface area contributed by atoms with Gasteiger partial charge in [0.15, 0.2) is 5.96 Å². The van der Waals surface area contributed by atoms with E-state index in [4.69, 9.17) is 4.99 Å². The molecule has 0 bridgehead atoms. The summed E-state index contributed by atoms with van der Waals surface area (Å²) in [7, 11) is 0. The number of phenols is 1. The van der Waals surface area contributed by atoms with E-state index in [1.165, 1.54) is 44.9 Å². The lowest BCUT2D eigenvalue weighted by Gasteiger charge is -2.36. The summed E-state index contributed by atoms with van der Waals surface area (Å²) < 4.78 is 0. The fraction of sp³-hybridized carbons (Fsp3) is 0.611. The predicted octanol–water partition coefficient (Wildman–Crippen LogP) is 3.98. The van der Waals surface area contributed by atoms with Gasteiger partial charge >= 0.3 is 0 Å². The van der Waals surface area contributed by atoms with E-state index in [0.29, 0.717) is 12.1 Å². The Balaban J connectivity index is 1.81. The summed E-state index contributed by atoms with van der Waals surface area (Å²) in [5.74, 6) is 1.28. The summed E-state index contributed by atoms with van der Waals surface area (Å²) in [5.41, 5.74) is 0.912. The maximum Gasteiger partial charge on any atom is 0.198 e. The van der Waals surface area contributed by atoms with Gasteiger partial charge in [-0.2, -0.15) is 0 Å². The summed E-state index contributed by atoms with van der Waals surface area (Å²) in [6.45, 7) is 3.35. The van der Waals surface area contributed by atoms with Gasteiger partial charge in [0.1, 0.15) is 5.75 Å². The number of nitrogens with one attached hydrogen (secondary N) is 1. The van der Waals surface area contributed by atoms with Crippen LogP contribution in [0.25, 0.3) is 0 Å². The fourth-order valence-corrected chi connectivity index (χ4v) is 3.51. The van der Waals surface area contributed by atoms with Crippen molar-refractivity contribution >= 4 is 11.6 Å². The molecule has 0 radical (unpaired) electrons. The van der Waals surface area contributed by atoms with Crippen LogP contribution < -0.4 is 5.32 Å². The number of aliphatic imine (C=N–C) groups is 1. The van der Waals surface area contributed by atoms with Crippen LogP contribution in [0.2, 0.25) is 0 Å². The molecule has 0 amide bonds. The monoisotopic (exact) mass is 301 g/mol. The van der Waals surface area contributed by atoms with Gasteiger partial charge in [-0.25, -0.2) is 4.99 Å². The molecule has 120 valence electrons. The number of nitrogens with zero attached hydrogens (tertiary/aromatic N) is 2. The summed E-state index contributed by atoms with van der Waals surface area (Å²) in [6.07, 6.45) is 8.76. The molecule has 1 aliphatic heterocycles. The molecule has 1 saturated heterocycles. The first-order valence-corrected chi connectivity index (χ1v) is 8.63. The summed E-state index contributed by atoms with van der Waals surface area (Å²) >= 11 is 0. The van der Waals surface area contributed by atoms with Gasteiger partial charge in [0.2, 0.25) is 0 Å². The van der Waals surface area contributed by atoms with E-state index < -0.39 is 0 Å². The number of hydrogen-bond acceptors (Lipinski definition) is 2. The number of piperidine rings is 1. The van der Waals surface area contributed by atoms with Crippen LogP contribution >= 0.6 is 0 Å². The highest BCUT2D eigenvalue weighted by molar-refractivity contribution is 5.94. The van der Waals surface area contributed by atoms with Crippen molar-refractivity contribution in [3.63, 3.8) is 0 Å². The number of guanidine groups is 1. The second kappa shape index (κ2) is 7.03. The first kappa shape index (κ1) is 15.2. The van der Waals surface area contributed by atoms with Gasteiger partial charge in [0.25, 0.3) is 0 Å². The molecule has 4 heteroatoms. The highest BCUT2D eigenvalue weighted by Crippen LogP contribution is 2.24. The van der Waals surface area contributed by atoms with E-state index in [-0.39, 0.29) is 5.75 Å². The van der Waals surface area contributed by atoms with Crippen molar-refractivity contribution in [2.45, 2.75) is 64.0 Å². The molecular formula is C18H27N3O. The van der Waals surface area contributed by atoms with Crippen molar-refractivity contribution in [2.75, 3.05) is 11.9 Å². The number of benzene rings is 1. The Morgan fingerprint density at radius 3 is 2.68 bits per heavy atom. The number of anilines is 1. The molecular weight excluding hydrogens is 274 g/mol. The van der Waals surface area contributed by atoms with Crippen LogP contribution in [0, 0.1) is 0 Å². The average molecular weight is 301 g/mol. The van der Waals surface area contributed by atoms with Crippen LogP contribution in [-0.2, 0) is 0 Å². The normalized spacial score (nSPS) is 23.8. The minimum absolute atomic E-state index is 0.289. The van der Waals surface area contributed by atoms with E-state index in [0.717, 1.165) is 18.2 Å². The van der Waals surface area contributed by atoms with Crippen molar-refractivity contribution in [3.8, 4) is 5.75 Å². The SMILES string of the molecule is CC1CCCCN1C(=NC1CCCC1)Nc1cccc(O)c1. The molecule has 1 heterocycles. The first-order chi connectivity index (χ1) is 10.7. The second-order valence-electron chi connectivity index (χ2n) is 6.60. The summed E-state index contributed by atoms with van der Waals surface area (Å²) in [6, 6.07) is 8.29. The first-order valence-electron chi connectivity index (χ1n) is 8.63. The molecule has 1 atom stereocenters.